The highest BCUT2D eigenvalue weighted by Crippen LogP contribution is 2.13. The van der Waals surface area contributed by atoms with Gasteiger partial charge in [0.05, 0.1) is 13.2 Å². The molecule has 0 fully saturated rings. The molecule has 1 aromatic rings. The fourth-order valence-corrected chi connectivity index (χ4v) is 1.68. The van der Waals surface area contributed by atoms with Crippen molar-refractivity contribution in [3.8, 4) is 5.75 Å². The van der Waals surface area contributed by atoms with Gasteiger partial charge in [-0.15, -0.1) is 0 Å². The summed E-state index contributed by atoms with van der Waals surface area (Å²) >= 11 is 0. The van der Waals surface area contributed by atoms with Gasteiger partial charge in [-0.3, -0.25) is 0 Å². The molecule has 20 heavy (non-hydrogen) atoms. The van der Waals surface area contributed by atoms with Crippen LogP contribution in [-0.4, -0.2) is 19.2 Å². The minimum atomic E-state index is -0.351. The molecular formula is C17H22O3. The third kappa shape index (κ3) is 6.78. The van der Waals surface area contributed by atoms with Crippen molar-refractivity contribution in [3.05, 3.63) is 49.1 Å². The minimum Gasteiger partial charge on any atom is -0.494 e. The molecule has 0 spiro atoms. The average molecular weight is 274 g/mol. The molecule has 108 valence electrons. The molecule has 0 aliphatic rings. The van der Waals surface area contributed by atoms with E-state index in [1.807, 2.05) is 30.3 Å². The van der Waals surface area contributed by atoms with Crippen LogP contribution in [0.15, 0.2) is 43.5 Å². The van der Waals surface area contributed by atoms with E-state index < -0.39 is 0 Å². The second-order valence-electron chi connectivity index (χ2n) is 4.41. The van der Waals surface area contributed by atoms with Crippen LogP contribution in [0.1, 0.15) is 31.2 Å². The lowest BCUT2D eigenvalue weighted by Crippen LogP contribution is -2.02. The van der Waals surface area contributed by atoms with E-state index in [0.29, 0.717) is 13.2 Å². The van der Waals surface area contributed by atoms with Crippen LogP contribution in [-0.2, 0) is 9.53 Å². The van der Waals surface area contributed by atoms with Crippen LogP contribution in [0.25, 0.3) is 6.08 Å². The Morgan fingerprint density at radius 3 is 2.25 bits per heavy atom. The Balaban J connectivity index is 2.00. The Hall–Kier alpha value is -2.03. The molecule has 3 heteroatoms. The number of carbonyl (C=O) groups is 1. The van der Waals surface area contributed by atoms with Gasteiger partial charge in [0.2, 0.25) is 0 Å². The van der Waals surface area contributed by atoms with Crippen LogP contribution in [0.3, 0.4) is 0 Å². The Morgan fingerprint density at radius 2 is 1.65 bits per heavy atom. The van der Waals surface area contributed by atoms with Gasteiger partial charge in [-0.25, -0.2) is 4.79 Å². The molecule has 0 aliphatic carbocycles. The number of hydrogen-bond donors (Lipinski definition) is 0. The number of esters is 1. The quantitative estimate of drug-likeness (QED) is 0.367. The topological polar surface area (TPSA) is 35.5 Å². The molecule has 0 unspecified atom stereocenters. The number of ether oxygens (including phenoxy) is 2. The summed E-state index contributed by atoms with van der Waals surface area (Å²) in [6, 6.07) is 7.87. The number of carbonyl (C=O) groups excluding carboxylic acids is 1. The van der Waals surface area contributed by atoms with Gasteiger partial charge in [0, 0.05) is 6.08 Å². The first-order valence-electron chi connectivity index (χ1n) is 6.90. The van der Waals surface area contributed by atoms with E-state index >= 15 is 0 Å². The van der Waals surface area contributed by atoms with Crippen LogP contribution in [0.5, 0.6) is 5.75 Å². The highest BCUT2D eigenvalue weighted by molar-refractivity contribution is 5.81. The normalized spacial score (nSPS) is 9.80. The van der Waals surface area contributed by atoms with E-state index in [2.05, 4.69) is 13.2 Å². The van der Waals surface area contributed by atoms with Gasteiger partial charge in [-0.05, 0) is 43.4 Å². The zero-order valence-corrected chi connectivity index (χ0v) is 11.8. The Morgan fingerprint density at radius 1 is 1.00 bits per heavy atom. The van der Waals surface area contributed by atoms with Crippen LogP contribution in [0.2, 0.25) is 0 Å². The van der Waals surface area contributed by atoms with Crippen molar-refractivity contribution in [2.75, 3.05) is 13.2 Å². The highest BCUT2D eigenvalue weighted by atomic mass is 16.5. The van der Waals surface area contributed by atoms with E-state index in [-0.39, 0.29) is 5.97 Å². The summed E-state index contributed by atoms with van der Waals surface area (Å²) in [4.78, 5) is 10.8. The first-order chi connectivity index (χ1) is 9.76. The maximum atomic E-state index is 10.8. The molecule has 1 rings (SSSR count). The predicted octanol–water partition coefficient (Wildman–Crippen LogP) is 4.00. The average Bonchev–Trinajstić information content (AvgIpc) is 2.50. The minimum absolute atomic E-state index is 0.351. The van der Waals surface area contributed by atoms with Crippen molar-refractivity contribution in [3.63, 3.8) is 0 Å². The Bertz CT molecular complexity index is 420. The van der Waals surface area contributed by atoms with Gasteiger partial charge < -0.3 is 9.47 Å². The highest BCUT2D eigenvalue weighted by Gasteiger charge is 1.96. The second-order valence-corrected chi connectivity index (χ2v) is 4.41. The number of rotatable bonds is 10. The third-order valence-electron chi connectivity index (χ3n) is 2.83. The standard InChI is InChI=1S/C17H22O3/c1-3-15-9-11-16(12-10-15)19-13-7-5-6-8-14-20-17(18)4-2/h3-4,9-12H,1-2,5-8,13-14H2. The van der Waals surface area contributed by atoms with Crippen molar-refractivity contribution >= 4 is 12.0 Å². The largest absolute Gasteiger partial charge is 0.494 e. The molecule has 0 heterocycles. The fourth-order valence-electron chi connectivity index (χ4n) is 1.68. The molecule has 3 nitrogen and oxygen atoms in total. The van der Waals surface area contributed by atoms with E-state index in [9.17, 15) is 4.79 Å². The molecule has 0 amide bonds. The number of hydrogen-bond acceptors (Lipinski definition) is 3. The fraction of sp³-hybridized carbons (Fsp3) is 0.353. The summed E-state index contributed by atoms with van der Waals surface area (Å²) in [6.45, 7) is 8.23. The zero-order chi connectivity index (χ0) is 14.6. The lowest BCUT2D eigenvalue weighted by Gasteiger charge is -2.06. The van der Waals surface area contributed by atoms with Gasteiger partial charge in [-0.1, -0.05) is 31.4 Å². The number of benzene rings is 1. The van der Waals surface area contributed by atoms with Gasteiger partial charge in [-0.2, -0.15) is 0 Å². The lowest BCUT2D eigenvalue weighted by molar-refractivity contribution is -0.137. The molecule has 0 N–H and O–H groups in total. The first-order valence-corrected chi connectivity index (χ1v) is 6.90. The Labute approximate surface area is 120 Å². The molecule has 0 aromatic heterocycles. The summed E-state index contributed by atoms with van der Waals surface area (Å²) in [5, 5.41) is 0. The van der Waals surface area contributed by atoms with Crippen molar-refractivity contribution in [2.24, 2.45) is 0 Å². The lowest BCUT2D eigenvalue weighted by atomic mass is 10.2. The summed E-state index contributed by atoms with van der Waals surface area (Å²) < 4.78 is 10.5. The first kappa shape index (κ1) is 16.0. The second kappa shape index (κ2) is 9.84. The van der Waals surface area contributed by atoms with Crippen molar-refractivity contribution in [2.45, 2.75) is 25.7 Å². The van der Waals surface area contributed by atoms with Crippen molar-refractivity contribution in [1.82, 2.24) is 0 Å². The van der Waals surface area contributed by atoms with Crippen LogP contribution >= 0.6 is 0 Å². The predicted molar refractivity (Wildman–Crippen MR) is 81.7 cm³/mol. The van der Waals surface area contributed by atoms with E-state index in [4.69, 9.17) is 9.47 Å². The summed E-state index contributed by atoms with van der Waals surface area (Å²) in [6.07, 6.45) is 6.97. The zero-order valence-electron chi connectivity index (χ0n) is 11.8. The molecular weight excluding hydrogens is 252 g/mol. The summed E-state index contributed by atoms with van der Waals surface area (Å²) in [7, 11) is 0. The van der Waals surface area contributed by atoms with E-state index in [1.54, 1.807) is 0 Å². The summed E-state index contributed by atoms with van der Waals surface area (Å²) in [5.41, 5.74) is 1.09. The van der Waals surface area contributed by atoms with Crippen LogP contribution < -0.4 is 4.74 Å². The molecule has 0 aliphatic heterocycles. The SMILES string of the molecule is C=CC(=O)OCCCCCCOc1ccc(C=C)cc1. The van der Waals surface area contributed by atoms with Crippen molar-refractivity contribution in [1.29, 1.82) is 0 Å². The van der Waals surface area contributed by atoms with E-state index in [1.165, 1.54) is 6.08 Å². The van der Waals surface area contributed by atoms with E-state index in [0.717, 1.165) is 37.0 Å². The molecule has 0 saturated heterocycles. The van der Waals surface area contributed by atoms with Gasteiger partial charge in [0.25, 0.3) is 0 Å². The van der Waals surface area contributed by atoms with Crippen molar-refractivity contribution < 1.29 is 14.3 Å². The maximum Gasteiger partial charge on any atom is 0.330 e. The molecule has 0 radical (unpaired) electrons. The van der Waals surface area contributed by atoms with Crippen LogP contribution in [0.4, 0.5) is 0 Å². The molecule has 1 aromatic carbocycles. The molecule has 0 bridgehead atoms. The monoisotopic (exact) mass is 274 g/mol. The number of unbranched alkanes of at least 4 members (excludes halogenated alkanes) is 3. The third-order valence-corrected chi connectivity index (χ3v) is 2.83. The summed E-state index contributed by atoms with van der Waals surface area (Å²) in [5.74, 6) is 0.534. The maximum absolute atomic E-state index is 10.8. The van der Waals surface area contributed by atoms with Gasteiger partial charge >= 0.3 is 5.97 Å². The van der Waals surface area contributed by atoms with Crippen LogP contribution in [0, 0.1) is 0 Å². The van der Waals surface area contributed by atoms with Gasteiger partial charge in [0.15, 0.2) is 0 Å². The van der Waals surface area contributed by atoms with Gasteiger partial charge in [0.1, 0.15) is 5.75 Å². The Kier molecular flexibility index (Phi) is 7.89. The molecule has 0 saturated carbocycles. The molecule has 0 atom stereocenters. The smallest absolute Gasteiger partial charge is 0.330 e.